The van der Waals surface area contributed by atoms with Gasteiger partial charge in [0.25, 0.3) is 0 Å². The minimum Gasteiger partial charge on any atom is -0.321 e. The number of carbonyl (C=O) groups excluding carboxylic acids is 1. The first-order valence-electron chi connectivity index (χ1n) is 3.81. The fraction of sp³-hybridized carbons (Fsp3) is 0.875. The molecular weight excluding hydrogens is 126 g/mol. The van der Waals surface area contributed by atoms with Gasteiger partial charge in [-0.25, -0.2) is 0 Å². The van der Waals surface area contributed by atoms with Gasteiger partial charge in [0, 0.05) is 0 Å². The zero-order valence-corrected chi connectivity index (χ0v) is 7.64. The van der Waals surface area contributed by atoms with E-state index in [0.29, 0.717) is 0 Å². The van der Waals surface area contributed by atoms with E-state index in [9.17, 15) is 4.79 Å². The molecule has 0 fully saturated rings. The van der Waals surface area contributed by atoms with Crippen molar-refractivity contribution in [1.82, 2.24) is 0 Å². The van der Waals surface area contributed by atoms with Gasteiger partial charge in [-0.1, -0.05) is 27.7 Å². The largest absolute Gasteiger partial charge is 0.321 e. The summed E-state index contributed by atoms with van der Waals surface area (Å²) in [5, 5.41) is 0. The van der Waals surface area contributed by atoms with E-state index in [4.69, 9.17) is 5.73 Å². The summed E-state index contributed by atoms with van der Waals surface area (Å²) in [7, 11) is 0. The first-order chi connectivity index (χ1) is 4.55. The SMILES string of the molecule is CC.CC(=O)[C@H](N)C(C)C. The van der Waals surface area contributed by atoms with Crippen molar-refractivity contribution in [3.63, 3.8) is 0 Å². The van der Waals surface area contributed by atoms with Crippen molar-refractivity contribution in [2.45, 2.75) is 40.7 Å². The molecule has 1 atom stereocenters. The number of hydrogen-bond donors (Lipinski definition) is 1. The zero-order valence-electron chi connectivity index (χ0n) is 7.64. The molecule has 2 nitrogen and oxygen atoms in total. The highest BCUT2D eigenvalue weighted by Crippen LogP contribution is 1.97. The molecule has 0 aliphatic carbocycles. The molecule has 0 radical (unpaired) electrons. The van der Waals surface area contributed by atoms with Gasteiger partial charge in [0.15, 0.2) is 0 Å². The predicted octanol–water partition coefficient (Wildman–Crippen LogP) is 1.58. The van der Waals surface area contributed by atoms with Crippen LogP contribution in [-0.4, -0.2) is 11.8 Å². The quantitative estimate of drug-likeness (QED) is 0.641. The van der Waals surface area contributed by atoms with Crippen LogP contribution in [0.15, 0.2) is 0 Å². The molecule has 0 rings (SSSR count). The van der Waals surface area contributed by atoms with E-state index >= 15 is 0 Å². The Kier molecular flexibility index (Phi) is 8.31. The lowest BCUT2D eigenvalue weighted by Crippen LogP contribution is -2.33. The third kappa shape index (κ3) is 5.76. The lowest BCUT2D eigenvalue weighted by atomic mass is 10.0. The van der Waals surface area contributed by atoms with Crippen molar-refractivity contribution in [2.24, 2.45) is 11.7 Å². The second-order valence-electron chi connectivity index (χ2n) is 2.38. The summed E-state index contributed by atoms with van der Waals surface area (Å²) in [5.41, 5.74) is 5.41. The van der Waals surface area contributed by atoms with Crippen LogP contribution in [0.3, 0.4) is 0 Å². The minimum atomic E-state index is -0.269. The molecule has 0 aromatic rings. The Morgan fingerprint density at radius 1 is 1.30 bits per heavy atom. The van der Waals surface area contributed by atoms with E-state index in [1.165, 1.54) is 6.92 Å². The fourth-order valence-electron chi connectivity index (χ4n) is 0.469. The van der Waals surface area contributed by atoms with Gasteiger partial charge in [0.1, 0.15) is 5.78 Å². The van der Waals surface area contributed by atoms with Crippen LogP contribution in [0.25, 0.3) is 0 Å². The first-order valence-corrected chi connectivity index (χ1v) is 3.81. The van der Waals surface area contributed by atoms with Crippen LogP contribution in [0.2, 0.25) is 0 Å². The smallest absolute Gasteiger partial charge is 0.146 e. The van der Waals surface area contributed by atoms with Crippen molar-refractivity contribution in [2.75, 3.05) is 0 Å². The topological polar surface area (TPSA) is 43.1 Å². The average molecular weight is 145 g/mol. The predicted molar refractivity (Wildman–Crippen MR) is 44.8 cm³/mol. The maximum absolute atomic E-state index is 10.5. The average Bonchev–Trinajstić information content (AvgIpc) is 1.90. The van der Waals surface area contributed by atoms with Crippen molar-refractivity contribution in [3.8, 4) is 0 Å². The second kappa shape index (κ2) is 6.75. The van der Waals surface area contributed by atoms with Gasteiger partial charge in [-0.2, -0.15) is 0 Å². The molecule has 2 heteroatoms. The molecule has 2 N–H and O–H groups in total. The van der Waals surface area contributed by atoms with Crippen LogP contribution in [0.5, 0.6) is 0 Å². The highest BCUT2D eigenvalue weighted by molar-refractivity contribution is 5.81. The van der Waals surface area contributed by atoms with Crippen molar-refractivity contribution < 1.29 is 4.79 Å². The van der Waals surface area contributed by atoms with Gasteiger partial charge in [0.2, 0.25) is 0 Å². The van der Waals surface area contributed by atoms with E-state index in [1.54, 1.807) is 0 Å². The molecule has 0 spiro atoms. The summed E-state index contributed by atoms with van der Waals surface area (Å²) >= 11 is 0. The Labute approximate surface area is 63.8 Å². The molecule has 0 unspecified atom stereocenters. The molecule has 0 heterocycles. The number of rotatable bonds is 2. The Morgan fingerprint density at radius 2 is 1.60 bits per heavy atom. The van der Waals surface area contributed by atoms with E-state index in [1.807, 2.05) is 27.7 Å². The van der Waals surface area contributed by atoms with Crippen LogP contribution in [-0.2, 0) is 4.79 Å². The molecule has 0 saturated carbocycles. The monoisotopic (exact) mass is 145 g/mol. The summed E-state index contributed by atoms with van der Waals surface area (Å²) in [6.07, 6.45) is 0. The first kappa shape index (κ1) is 12.3. The number of hydrogen-bond acceptors (Lipinski definition) is 2. The highest BCUT2D eigenvalue weighted by atomic mass is 16.1. The molecule has 0 bridgehead atoms. The molecule has 0 aromatic heterocycles. The summed E-state index contributed by atoms with van der Waals surface area (Å²) < 4.78 is 0. The third-order valence-electron chi connectivity index (χ3n) is 1.19. The molecular formula is C8H19NO. The van der Waals surface area contributed by atoms with E-state index in [2.05, 4.69) is 0 Å². The number of nitrogens with two attached hydrogens (primary N) is 1. The van der Waals surface area contributed by atoms with Gasteiger partial charge in [0.05, 0.1) is 6.04 Å². The second-order valence-corrected chi connectivity index (χ2v) is 2.38. The molecule has 0 aromatic carbocycles. The van der Waals surface area contributed by atoms with Crippen LogP contribution in [0.1, 0.15) is 34.6 Å². The Hall–Kier alpha value is -0.370. The third-order valence-corrected chi connectivity index (χ3v) is 1.19. The maximum atomic E-state index is 10.5. The molecule has 0 saturated heterocycles. The zero-order chi connectivity index (χ0) is 8.73. The number of ketones is 1. The Bertz CT molecular complexity index is 89.3. The van der Waals surface area contributed by atoms with Crippen LogP contribution < -0.4 is 5.73 Å². The minimum absolute atomic E-state index is 0.0694. The normalized spacial score (nSPS) is 11.9. The van der Waals surface area contributed by atoms with E-state index in [0.717, 1.165) is 0 Å². The Balaban J connectivity index is 0. The summed E-state index contributed by atoms with van der Waals surface area (Å²) in [6, 6.07) is -0.269. The maximum Gasteiger partial charge on any atom is 0.146 e. The molecule has 0 amide bonds. The lowest BCUT2D eigenvalue weighted by molar-refractivity contribution is -0.119. The van der Waals surface area contributed by atoms with Crippen LogP contribution in [0, 0.1) is 5.92 Å². The summed E-state index contributed by atoms with van der Waals surface area (Å²) in [6.45, 7) is 9.39. The van der Waals surface area contributed by atoms with E-state index < -0.39 is 0 Å². The van der Waals surface area contributed by atoms with Crippen molar-refractivity contribution >= 4 is 5.78 Å². The van der Waals surface area contributed by atoms with Gasteiger partial charge in [-0.15, -0.1) is 0 Å². The van der Waals surface area contributed by atoms with Gasteiger partial charge in [-0.05, 0) is 12.8 Å². The molecule has 0 aliphatic rings. The number of Topliss-reactive ketones (excluding diaryl/α,β-unsaturated/α-hetero) is 1. The molecule has 10 heavy (non-hydrogen) atoms. The van der Waals surface area contributed by atoms with E-state index in [-0.39, 0.29) is 17.7 Å². The lowest BCUT2D eigenvalue weighted by Gasteiger charge is -2.09. The fourth-order valence-corrected chi connectivity index (χ4v) is 0.469. The Morgan fingerprint density at radius 3 is 1.60 bits per heavy atom. The van der Waals surface area contributed by atoms with Crippen molar-refractivity contribution in [3.05, 3.63) is 0 Å². The summed E-state index contributed by atoms with van der Waals surface area (Å²) in [5.74, 6) is 0.340. The highest BCUT2D eigenvalue weighted by Gasteiger charge is 2.10. The van der Waals surface area contributed by atoms with Crippen LogP contribution in [0.4, 0.5) is 0 Å². The summed E-state index contributed by atoms with van der Waals surface area (Å²) in [4.78, 5) is 10.5. The van der Waals surface area contributed by atoms with Crippen molar-refractivity contribution in [1.29, 1.82) is 0 Å². The van der Waals surface area contributed by atoms with Gasteiger partial charge in [-0.3, -0.25) is 4.79 Å². The van der Waals surface area contributed by atoms with Gasteiger partial charge >= 0.3 is 0 Å². The van der Waals surface area contributed by atoms with Gasteiger partial charge < -0.3 is 5.73 Å². The molecule has 0 aliphatic heterocycles. The standard InChI is InChI=1S/C6H13NO.C2H6/c1-4(2)6(7)5(3)8;1-2/h4,6H,7H2,1-3H3;1-2H3/t6-;/m1./s1. The molecule has 62 valence electrons. The number of carbonyl (C=O) groups is 1. The van der Waals surface area contributed by atoms with Crippen LogP contribution >= 0.6 is 0 Å².